The molecule has 10 nitrogen and oxygen atoms in total. The smallest absolute Gasteiger partial charge is 0.407 e. The number of ether oxygens (including phenoxy) is 2. The van der Waals surface area contributed by atoms with E-state index in [9.17, 15) is 14.4 Å². The quantitative estimate of drug-likeness (QED) is 0.271. The van der Waals surface area contributed by atoms with E-state index in [-0.39, 0.29) is 18.0 Å². The van der Waals surface area contributed by atoms with Gasteiger partial charge in [-0.2, -0.15) is 0 Å². The van der Waals surface area contributed by atoms with Crippen molar-refractivity contribution in [3.8, 4) is 5.75 Å². The van der Waals surface area contributed by atoms with Crippen LogP contribution in [0.15, 0.2) is 54.6 Å². The third-order valence-corrected chi connectivity index (χ3v) is 6.28. The molecule has 0 bridgehead atoms. The molecule has 1 fully saturated rings. The summed E-state index contributed by atoms with van der Waals surface area (Å²) in [5.74, 6) is -0.295. The van der Waals surface area contributed by atoms with Gasteiger partial charge in [-0.05, 0) is 69.0 Å². The molecule has 2 aromatic carbocycles. The van der Waals surface area contributed by atoms with Gasteiger partial charge < -0.3 is 20.1 Å². The number of benzene rings is 2. The van der Waals surface area contributed by atoms with E-state index in [2.05, 4.69) is 15.6 Å². The zero-order chi connectivity index (χ0) is 26.2. The molecule has 0 aliphatic heterocycles. The van der Waals surface area contributed by atoms with Crippen LogP contribution in [0.25, 0.3) is 10.9 Å². The summed E-state index contributed by atoms with van der Waals surface area (Å²) in [5, 5.41) is 15.2. The van der Waals surface area contributed by atoms with Crippen molar-refractivity contribution in [3.63, 3.8) is 0 Å². The number of aryl methyl sites for hydroxylation is 1. The molecule has 1 saturated carbocycles. The number of fused-ring (bicyclic) bond motifs is 1. The first-order valence-corrected chi connectivity index (χ1v) is 12.2. The van der Waals surface area contributed by atoms with Gasteiger partial charge in [-0.15, -0.1) is 0 Å². The highest BCUT2D eigenvalue weighted by atomic mass is 16.6. The molecule has 0 spiro atoms. The highest BCUT2D eigenvalue weighted by Crippen LogP contribution is 2.22. The van der Waals surface area contributed by atoms with Crippen molar-refractivity contribution in [2.45, 2.75) is 51.3 Å². The number of amides is 3. The molecule has 3 amide bonds. The number of hydrogen-bond donors (Lipinski definition) is 4. The lowest BCUT2D eigenvalue weighted by atomic mass is 9.91. The van der Waals surface area contributed by atoms with Crippen LogP contribution in [0.2, 0.25) is 0 Å². The lowest BCUT2D eigenvalue weighted by molar-refractivity contribution is -0.132. The molecule has 4 N–H and O–H groups in total. The minimum Gasteiger partial charge on any atom is -0.489 e. The fraction of sp³-hybridized carbons (Fsp3) is 0.333. The summed E-state index contributed by atoms with van der Waals surface area (Å²) in [7, 11) is 0. The summed E-state index contributed by atoms with van der Waals surface area (Å²) >= 11 is 0. The van der Waals surface area contributed by atoms with E-state index >= 15 is 0 Å². The zero-order valence-corrected chi connectivity index (χ0v) is 20.5. The maximum atomic E-state index is 12.7. The molecule has 0 atom stereocenters. The van der Waals surface area contributed by atoms with Crippen molar-refractivity contribution < 1.29 is 29.1 Å². The van der Waals surface area contributed by atoms with E-state index < -0.39 is 18.6 Å². The van der Waals surface area contributed by atoms with Crippen molar-refractivity contribution >= 4 is 28.8 Å². The first-order valence-electron chi connectivity index (χ1n) is 12.2. The second-order valence-corrected chi connectivity index (χ2v) is 9.03. The van der Waals surface area contributed by atoms with Gasteiger partial charge in [-0.3, -0.25) is 19.8 Å². The summed E-state index contributed by atoms with van der Waals surface area (Å²) in [5.41, 5.74) is 4.86. The Balaban J connectivity index is 1.23. The molecule has 10 heteroatoms. The SMILES string of the molecule is Cc1cc(COc2ccc(C(=O)NC3CCC(NC(=O)OCC(=O)NO)CC3)cc2)c2ccccc2n1. The van der Waals surface area contributed by atoms with Gasteiger partial charge in [0.1, 0.15) is 12.4 Å². The maximum absolute atomic E-state index is 12.7. The first kappa shape index (κ1) is 25.9. The van der Waals surface area contributed by atoms with Gasteiger partial charge in [0.05, 0.1) is 5.52 Å². The number of hydrogen-bond acceptors (Lipinski definition) is 7. The van der Waals surface area contributed by atoms with Crippen molar-refractivity contribution in [1.82, 2.24) is 21.1 Å². The van der Waals surface area contributed by atoms with E-state index in [0.29, 0.717) is 43.6 Å². The number of aromatic nitrogens is 1. The lowest BCUT2D eigenvalue weighted by Crippen LogP contribution is -2.44. The Bertz CT molecular complexity index is 1260. The average molecular weight is 507 g/mol. The Morgan fingerprint density at radius 2 is 1.65 bits per heavy atom. The van der Waals surface area contributed by atoms with E-state index in [0.717, 1.165) is 22.2 Å². The van der Waals surface area contributed by atoms with Crippen LogP contribution in [0.5, 0.6) is 5.75 Å². The van der Waals surface area contributed by atoms with Crippen LogP contribution in [0.1, 0.15) is 47.3 Å². The van der Waals surface area contributed by atoms with Crippen LogP contribution >= 0.6 is 0 Å². The predicted octanol–water partition coefficient (Wildman–Crippen LogP) is 3.39. The number of carbonyl (C=O) groups is 3. The largest absolute Gasteiger partial charge is 0.489 e. The molecule has 3 aromatic rings. The van der Waals surface area contributed by atoms with E-state index in [4.69, 9.17) is 14.7 Å². The third-order valence-electron chi connectivity index (χ3n) is 6.28. The zero-order valence-electron chi connectivity index (χ0n) is 20.5. The molecule has 1 aromatic heterocycles. The molecule has 1 aliphatic carbocycles. The van der Waals surface area contributed by atoms with Crippen LogP contribution < -0.4 is 20.9 Å². The van der Waals surface area contributed by atoms with E-state index in [1.165, 1.54) is 5.48 Å². The van der Waals surface area contributed by atoms with Crippen molar-refractivity contribution in [2.75, 3.05) is 6.61 Å². The predicted molar refractivity (Wildman–Crippen MR) is 135 cm³/mol. The second-order valence-electron chi connectivity index (χ2n) is 9.03. The highest BCUT2D eigenvalue weighted by Gasteiger charge is 2.24. The summed E-state index contributed by atoms with van der Waals surface area (Å²) in [6.45, 7) is 1.80. The van der Waals surface area contributed by atoms with Gasteiger partial charge in [-0.1, -0.05) is 18.2 Å². The Morgan fingerprint density at radius 3 is 2.35 bits per heavy atom. The number of hydroxylamine groups is 1. The summed E-state index contributed by atoms with van der Waals surface area (Å²) in [4.78, 5) is 39.9. The van der Waals surface area contributed by atoms with Crippen molar-refractivity contribution in [2.24, 2.45) is 0 Å². The number of pyridine rings is 1. The van der Waals surface area contributed by atoms with E-state index in [1.807, 2.05) is 37.3 Å². The molecule has 0 radical (unpaired) electrons. The lowest BCUT2D eigenvalue weighted by Gasteiger charge is -2.29. The fourth-order valence-corrected chi connectivity index (χ4v) is 4.40. The van der Waals surface area contributed by atoms with Crippen molar-refractivity contribution in [3.05, 3.63) is 71.4 Å². The topological polar surface area (TPSA) is 139 Å². The van der Waals surface area contributed by atoms with Crippen LogP contribution in [0.3, 0.4) is 0 Å². The average Bonchev–Trinajstić information content (AvgIpc) is 2.91. The van der Waals surface area contributed by atoms with Crippen LogP contribution in [-0.4, -0.2) is 46.8 Å². The molecule has 0 unspecified atom stereocenters. The molecule has 194 valence electrons. The van der Waals surface area contributed by atoms with Crippen LogP contribution in [0.4, 0.5) is 4.79 Å². The number of carbonyl (C=O) groups excluding carboxylic acids is 3. The molecular weight excluding hydrogens is 476 g/mol. The fourth-order valence-electron chi connectivity index (χ4n) is 4.40. The van der Waals surface area contributed by atoms with E-state index in [1.54, 1.807) is 24.3 Å². The normalized spacial score (nSPS) is 17.0. The van der Waals surface area contributed by atoms with Crippen LogP contribution in [-0.2, 0) is 16.1 Å². The van der Waals surface area contributed by atoms with Crippen LogP contribution in [0, 0.1) is 6.92 Å². The summed E-state index contributed by atoms with van der Waals surface area (Å²) in [6, 6.07) is 16.9. The molecule has 1 heterocycles. The molecule has 0 saturated heterocycles. The second kappa shape index (κ2) is 12.2. The van der Waals surface area contributed by atoms with Gasteiger partial charge in [0.25, 0.3) is 11.8 Å². The summed E-state index contributed by atoms with van der Waals surface area (Å²) in [6.07, 6.45) is 2.03. The van der Waals surface area contributed by atoms with Gasteiger partial charge in [0.2, 0.25) is 0 Å². The number of rotatable bonds is 8. The van der Waals surface area contributed by atoms with Gasteiger partial charge in [0, 0.05) is 34.3 Å². The molecular formula is C27H30N4O6. The Kier molecular flexibility index (Phi) is 8.52. The van der Waals surface area contributed by atoms with Gasteiger partial charge in [0.15, 0.2) is 6.61 Å². The Morgan fingerprint density at radius 1 is 0.973 bits per heavy atom. The minimum atomic E-state index is -0.807. The standard InChI is InChI=1S/C27H30N4O6/c1-17-14-19(23-4-2-3-5-24(23)28-17)15-36-22-12-6-18(7-13-22)26(33)29-20-8-10-21(11-9-20)30-27(34)37-16-25(32)31-35/h2-7,12-14,20-21,35H,8-11,15-16H2,1H3,(H,29,33)(H,30,34)(H,31,32). The third kappa shape index (κ3) is 7.17. The van der Waals surface area contributed by atoms with Crippen molar-refractivity contribution in [1.29, 1.82) is 0 Å². The number of nitrogens with one attached hydrogen (secondary N) is 3. The summed E-state index contributed by atoms with van der Waals surface area (Å²) < 4.78 is 10.7. The molecule has 37 heavy (non-hydrogen) atoms. The Labute approximate surface area is 214 Å². The number of nitrogens with zero attached hydrogens (tertiary/aromatic N) is 1. The molecule has 1 aliphatic rings. The van der Waals surface area contributed by atoms with Gasteiger partial charge in [-0.25, -0.2) is 10.3 Å². The minimum absolute atomic E-state index is 0.000810. The number of para-hydroxylation sites is 1. The molecule has 4 rings (SSSR count). The number of alkyl carbamates (subject to hydrolysis) is 1. The maximum Gasteiger partial charge on any atom is 0.407 e. The first-order chi connectivity index (χ1) is 17.9. The van der Waals surface area contributed by atoms with Gasteiger partial charge >= 0.3 is 6.09 Å². The monoisotopic (exact) mass is 506 g/mol. The Hall–Kier alpha value is -4.18. The highest BCUT2D eigenvalue weighted by molar-refractivity contribution is 5.94.